The van der Waals surface area contributed by atoms with Crippen LogP contribution in [0.5, 0.6) is 0 Å². The molecule has 0 unspecified atom stereocenters. The zero-order valence-electron chi connectivity index (χ0n) is 20.3. The van der Waals surface area contributed by atoms with Gasteiger partial charge in [0.15, 0.2) is 0 Å². The van der Waals surface area contributed by atoms with E-state index in [0.29, 0.717) is 24.8 Å². The van der Waals surface area contributed by atoms with E-state index in [1.165, 1.54) is 23.3 Å². The third kappa shape index (κ3) is 13.2. The number of amides is 1. The van der Waals surface area contributed by atoms with Crippen LogP contribution in [0.25, 0.3) is 0 Å². The van der Waals surface area contributed by atoms with E-state index >= 15 is 0 Å². The number of thioether (sulfide) groups is 1. The number of hydrogen-bond donors (Lipinski definition) is 1. The zero-order chi connectivity index (χ0) is 23.1. The van der Waals surface area contributed by atoms with Crippen LogP contribution in [-0.4, -0.2) is 42.7 Å². The first-order valence-electron chi connectivity index (χ1n) is 11.4. The van der Waals surface area contributed by atoms with Crippen LogP contribution in [0.1, 0.15) is 72.3 Å². The third-order valence-corrected chi connectivity index (χ3v) is 5.71. The molecule has 0 aliphatic carbocycles. The Morgan fingerprint density at radius 1 is 1.13 bits per heavy atom. The van der Waals surface area contributed by atoms with Gasteiger partial charge in [0.2, 0.25) is 5.91 Å². The first-order valence-corrected chi connectivity index (χ1v) is 12.4. The SMILES string of the molecule is CCCCCN(CC#CC#CC(C)(C)C)CCNC(=O)CSc1ccccc1C(C)C. The van der Waals surface area contributed by atoms with E-state index in [4.69, 9.17) is 0 Å². The van der Waals surface area contributed by atoms with Crippen LogP contribution in [0.2, 0.25) is 0 Å². The fourth-order valence-electron chi connectivity index (χ4n) is 2.91. The maximum absolute atomic E-state index is 12.3. The van der Waals surface area contributed by atoms with Gasteiger partial charge in [-0.1, -0.05) is 63.7 Å². The van der Waals surface area contributed by atoms with E-state index in [2.05, 4.69) is 93.6 Å². The fourth-order valence-corrected chi connectivity index (χ4v) is 3.94. The molecule has 31 heavy (non-hydrogen) atoms. The van der Waals surface area contributed by atoms with Crippen LogP contribution in [0.4, 0.5) is 0 Å². The van der Waals surface area contributed by atoms with Gasteiger partial charge >= 0.3 is 0 Å². The summed E-state index contributed by atoms with van der Waals surface area (Å²) in [6.07, 6.45) is 3.57. The Morgan fingerprint density at radius 3 is 2.55 bits per heavy atom. The van der Waals surface area contributed by atoms with Crippen molar-refractivity contribution in [3.8, 4) is 23.7 Å². The van der Waals surface area contributed by atoms with Gasteiger partial charge in [0, 0.05) is 23.4 Å². The van der Waals surface area contributed by atoms with Gasteiger partial charge in [-0.3, -0.25) is 9.69 Å². The lowest BCUT2D eigenvalue weighted by molar-refractivity contribution is -0.118. The molecule has 0 bridgehead atoms. The van der Waals surface area contributed by atoms with Gasteiger partial charge in [-0.25, -0.2) is 0 Å². The predicted octanol–water partition coefficient (Wildman–Crippen LogP) is 5.56. The van der Waals surface area contributed by atoms with Gasteiger partial charge in [-0.15, -0.1) is 11.8 Å². The quantitative estimate of drug-likeness (QED) is 0.262. The molecule has 1 amide bonds. The van der Waals surface area contributed by atoms with Crippen molar-refractivity contribution in [1.82, 2.24) is 10.2 Å². The summed E-state index contributed by atoms with van der Waals surface area (Å²) < 4.78 is 0. The van der Waals surface area contributed by atoms with Crippen molar-refractivity contribution in [2.24, 2.45) is 5.41 Å². The van der Waals surface area contributed by atoms with Crippen molar-refractivity contribution in [2.75, 3.05) is 31.9 Å². The van der Waals surface area contributed by atoms with E-state index in [0.717, 1.165) is 19.5 Å². The van der Waals surface area contributed by atoms with Crippen LogP contribution in [0.3, 0.4) is 0 Å². The minimum Gasteiger partial charge on any atom is -0.354 e. The number of carbonyl (C=O) groups is 1. The molecule has 0 fully saturated rings. The number of rotatable bonds is 12. The fraction of sp³-hybridized carbons (Fsp3) is 0.593. The molecular formula is C27H40N2OS. The highest BCUT2D eigenvalue weighted by molar-refractivity contribution is 8.00. The molecule has 1 aromatic carbocycles. The largest absolute Gasteiger partial charge is 0.354 e. The van der Waals surface area contributed by atoms with Gasteiger partial charge in [-0.2, -0.15) is 0 Å². The first-order chi connectivity index (χ1) is 14.7. The lowest BCUT2D eigenvalue weighted by atomic mass is 9.98. The Balaban J connectivity index is 2.48. The smallest absolute Gasteiger partial charge is 0.230 e. The van der Waals surface area contributed by atoms with Crippen LogP contribution in [0, 0.1) is 29.1 Å². The van der Waals surface area contributed by atoms with Crippen molar-refractivity contribution in [3.05, 3.63) is 29.8 Å². The summed E-state index contributed by atoms with van der Waals surface area (Å²) in [5.74, 6) is 13.2. The topological polar surface area (TPSA) is 32.3 Å². The van der Waals surface area contributed by atoms with Crippen molar-refractivity contribution >= 4 is 17.7 Å². The van der Waals surface area contributed by atoms with E-state index in [-0.39, 0.29) is 11.3 Å². The minimum absolute atomic E-state index is 0.0204. The second-order valence-corrected chi connectivity index (χ2v) is 10.1. The van der Waals surface area contributed by atoms with Gasteiger partial charge in [-0.05, 0) is 63.1 Å². The van der Waals surface area contributed by atoms with Crippen molar-refractivity contribution in [1.29, 1.82) is 0 Å². The molecule has 1 rings (SSSR count). The highest BCUT2D eigenvalue weighted by Crippen LogP contribution is 2.28. The normalized spacial score (nSPS) is 11.0. The maximum Gasteiger partial charge on any atom is 0.230 e. The molecule has 0 saturated heterocycles. The second kappa shape index (κ2) is 15.0. The number of carbonyl (C=O) groups excluding carboxylic acids is 1. The summed E-state index contributed by atoms with van der Waals surface area (Å²) in [5.41, 5.74) is 1.28. The summed E-state index contributed by atoms with van der Waals surface area (Å²) in [7, 11) is 0. The van der Waals surface area contributed by atoms with Crippen LogP contribution in [-0.2, 0) is 4.79 Å². The summed E-state index contributed by atoms with van der Waals surface area (Å²) in [4.78, 5) is 15.8. The highest BCUT2D eigenvalue weighted by atomic mass is 32.2. The highest BCUT2D eigenvalue weighted by Gasteiger charge is 2.09. The van der Waals surface area contributed by atoms with Gasteiger partial charge in [0.05, 0.1) is 12.3 Å². The van der Waals surface area contributed by atoms with Crippen LogP contribution >= 0.6 is 11.8 Å². The first kappa shape index (κ1) is 27.2. The number of nitrogens with one attached hydrogen (secondary N) is 1. The standard InChI is InChI=1S/C27H40N2OS/c1-7-8-13-19-29(20-14-9-12-17-27(4,5)6)21-18-28-26(30)22-31-25-16-11-10-15-24(25)23(2)3/h10-11,15-16,23H,7-8,13,18-22H2,1-6H3,(H,28,30). The van der Waals surface area contributed by atoms with Gasteiger partial charge in [0.1, 0.15) is 0 Å². The zero-order valence-corrected chi connectivity index (χ0v) is 21.1. The Labute approximate surface area is 195 Å². The Morgan fingerprint density at radius 2 is 1.87 bits per heavy atom. The van der Waals surface area contributed by atoms with Crippen molar-refractivity contribution in [2.45, 2.75) is 71.6 Å². The molecule has 4 heteroatoms. The van der Waals surface area contributed by atoms with E-state index < -0.39 is 0 Å². The summed E-state index contributed by atoms with van der Waals surface area (Å²) >= 11 is 1.62. The molecule has 0 spiro atoms. The van der Waals surface area contributed by atoms with Crippen molar-refractivity contribution in [3.63, 3.8) is 0 Å². The number of nitrogens with zero attached hydrogens (tertiary/aromatic N) is 1. The molecule has 0 aromatic heterocycles. The monoisotopic (exact) mass is 440 g/mol. The molecule has 1 aromatic rings. The molecule has 0 aliphatic rings. The molecule has 0 heterocycles. The van der Waals surface area contributed by atoms with E-state index in [1.54, 1.807) is 11.8 Å². The molecule has 0 saturated carbocycles. The molecule has 0 aliphatic heterocycles. The van der Waals surface area contributed by atoms with Gasteiger partial charge < -0.3 is 5.32 Å². The molecule has 3 nitrogen and oxygen atoms in total. The second-order valence-electron chi connectivity index (χ2n) is 9.12. The Bertz CT molecular complexity index is 787. The molecule has 0 atom stereocenters. The lowest BCUT2D eigenvalue weighted by Gasteiger charge is -2.19. The van der Waals surface area contributed by atoms with Crippen LogP contribution in [0.15, 0.2) is 29.2 Å². The number of unbranched alkanes of at least 4 members (excludes halogenated alkanes) is 2. The Kier molecular flexibility index (Phi) is 13.1. The lowest BCUT2D eigenvalue weighted by Crippen LogP contribution is -2.36. The average Bonchev–Trinajstić information content (AvgIpc) is 2.71. The Hall–Kier alpha value is -1.88. The third-order valence-electron chi connectivity index (χ3n) is 4.62. The van der Waals surface area contributed by atoms with E-state index in [9.17, 15) is 4.79 Å². The minimum atomic E-state index is -0.0204. The predicted molar refractivity (Wildman–Crippen MR) is 135 cm³/mol. The van der Waals surface area contributed by atoms with E-state index in [1.807, 2.05) is 6.07 Å². The number of benzene rings is 1. The summed E-state index contributed by atoms with van der Waals surface area (Å²) in [6.45, 7) is 16.0. The maximum atomic E-state index is 12.3. The average molecular weight is 441 g/mol. The molecular weight excluding hydrogens is 400 g/mol. The summed E-state index contributed by atoms with van der Waals surface area (Å²) in [6, 6.07) is 8.34. The molecule has 170 valence electrons. The molecule has 1 N–H and O–H groups in total. The summed E-state index contributed by atoms with van der Waals surface area (Å²) in [5, 5.41) is 3.07. The van der Waals surface area contributed by atoms with Crippen LogP contribution < -0.4 is 5.32 Å². The van der Waals surface area contributed by atoms with Crippen molar-refractivity contribution < 1.29 is 4.79 Å². The van der Waals surface area contributed by atoms with Gasteiger partial charge in [0.25, 0.3) is 0 Å². The molecule has 0 radical (unpaired) electrons. The number of hydrogen-bond acceptors (Lipinski definition) is 3.